The summed E-state index contributed by atoms with van der Waals surface area (Å²) < 4.78 is 6.88. The van der Waals surface area contributed by atoms with Crippen molar-refractivity contribution in [3.05, 3.63) is 64.1 Å². The smallest absolute Gasteiger partial charge is 0.154 e. The highest BCUT2D eigenvalue weighted by Crippen LogP contribution is 2.32. The maximum absolute atomic E-state index is 5.80. The predicted octanol–water partition coefficient (Wildman–Crippen LogP) is 4.09. The molecule has 2 aromatic rings. The van der Waals surface area contributed by atoms with Gasteiger partial charge in [0.1, 0.15) is 0 Å². The van der Waals surface area contributed by atoms with Crippen LogP contribution in [-0.4, -0.2) is 0 Å². The number of halogens is 1. The Labute approximate surface area is 109 Å². The third-order valence-corrected chi connectivity index (χ3v) is 3.36. The molecule has 17 heavy (non-hydrogen) atoms. The summed E-state index contributed by atoms with van der Waals surface area (Å²) in [5, 5.41) is 3.40. The molecule has 0 spiro atoms. The van der Waals surface area contributed by atoms with Gasteiger partial charge in [-0.25, -0.2) is 0 Å². The van der Waals surface area contributed by atoms with Crippen LogP contribution >= 0.6 is 15.9 Å². The summed E-state index contributed by atoms with van der Waals surface area (Å²) >= 11 is 3.49. The lowest BCUT2D eigenvalue weighted by molar-refractivity contribution is 0.0507. The van der Waals surface area contributed by atoms with Crippen LogP contribution < -0.4 is 5.32 Å². The van der Waals surface area contributed by atoms with E-state index in [-0.39, 0.29) is 6.23 Å². The maximum Gasteiger partial charge on any atom is 0.154 e. The summed E-state index contributed by atoms with van der Waals surface area (Å²) in [5.41, 5.74) is 3.48. The van der Waals surface area contributed by atoms with Gasteiger partial charge in [-0.15, -0.1) is 0 Å². The van der Waals surface area contributed by atoms with Gasteiger partial charge in [-0.05, 0) is 12.1 Å². The Hall–Kier alpha value is -1.32. The van der Waals surface area contributed by atoms with E-state index in [1.165, 1.54) is 5.56 Å². The number of benzene rings is 2. The topological polar surface area (TPSA) is 21.3 Å². The minimum atomic E-state index is -0.0574. The molecule has 0 radical (unpaired) electrons. The van der Waals surface area contributed by atoms with Gasteiger partial charge in [0.05, 0.1) is 6.61 Å². The summed E-state index contributed by atoms with van der Waals surface area (Å²) in [6.45, 7) is 0.648. The zero-order valence-electron chi connectivity index (χ0n) is 9.19. The largest absolute Gasteiger partial charge is 0.356 e. The molecule has 0 fully saturated rings. The van der Waals surface area contributed by atoms with Crippen molar-refractivity contribution in [2.24, 2.45) is 0 Å². The van der Waals surface area contributed by atoms with E-state index in [0.717, 1.165) is 15.7 Å². The van der Waals surface area contributed by atoms with Gasteiger partial charge < -0.3 is 10.1 Å². The number of anilines is 1. The number of ether oxygens (including phenoxy) is 1. The van der Waals surface area contributed by atoms with Gasteiger partial charge in [-0.2, -0.15) is 0 Å². The number of nitrogens with one attached hydrogen (secondary N) is 1. The Bertz CT molecular complexity index is 527. The Kier molecular flexibility index (Phi) is 2.87. The van der Waals surface area contributed by atoms with Crippen LogP contribution in [0.4, 0.5) is 5.69 Å². The van der Waals surface area contributed by atoms with Crippen LogP contribution in [0.5, 0.6) is 0 Å². The van der Waals surface area contributed by atoms with Crippen LogP contribution in [0.1, 0.15) is 17.4 Å². The molecule has 1 heterocycles. The standard InChI is InChI=1S/C14H12BrNO/c15-12-7-6-11-9-17-14(16-13(11)8-12)10-4-2-1-3-5-10/h1-8,14,16H,9H2. The molecule has 0 aromatic heterocycles. The Balaban J connectivity index is 1.90. The van der Waals surface area contributed by atoms with Crippen molar-refractivity contribution in [3.63, 3.8) is 0 Å². The summed E-state index contributed by atoms with van der Waals surface area (Å²) in [4.78, 5) is 0. The first-order valence-corrected chi connectivity index (χ1v) is 6.34. The molecule has 0 aliphatic carbocycles. The zero-order chi connectivity index (χ0) is 11.7. The Morgan fingerprint density at radius 3 is 2.76 bits per heavy atom. The van der Waals surface area contributed by atoms with Crippen LogP contribution in [-0.2, 0) is 11.3 Å². The monoisotopic (exact) mass is 289 g/mol. The molecule has 2 aromatic carbocycles. The van der Waals surface area contributed by atoms with E-state index in [0.29, 0.717) is 6.61 Å². The average Bonchev–Trinajstić information content (AvgIpc) is 2.39. The van der Waals surface area contributed by atoms with Gasteiger partial charge in [0, 0.05) is 21.3 Å². The van der Waals surface area contributed by atoms with E-state index in [9.17, 15) is 0 Å². The average molecular weight is 290 g/mol. The van der Waals surface area contributed by atoms with E-state index in [1.54, 1.807) is 0 Å². The predicted molar refractivity (Wildman–Crippen MR) is 71.7 cm³/mol. The maximum atomic E-state index is 5.80. The molecule has 3 rings (SSSR count). The molecule has 2 nitrogen and oxygen atoms in total. The molecular weight excluding hydrogens is 278 g/mol. The first-order chi connectivity index (χ1) is 8.33. The first kappa shape index (κ1) is 10.8. The lowest BCUT2D eigenvalue weighted by Gasteiger charge is -2.27. The first-order valence-electron chi connectivity index (χ1n) is 5.54. The van der Waals surface area contributed by atoms with E-state index in [1.807, 2.05) is 24.3 Å². The van der Waals surface area contributed by atoms with Gasteiger partial charge in [0.25, 0.3) is 0 Å². The van der Waals surface area contributed by atoms with Crippen LogP contribution in [0.25, 0.3) is 0 Å². The normalized spacial score (nSPS) is 18.3. The number of fused-ring (bicyclic) bond motifs is 1. The lowest BCUT2D eigenvalue weighted by atomic mass is 10.1. The van der Waals surface area contributed by atoms with Crippen LogP contribution in [0.15, 0.2) is 53.0 Å². The molecule has 1 unspecified atom stereocenters. The number of hydrogen-bond acceptors (Lipinski definition) is 2. The second-order valence-electron chi connectivity index (χ2n) is 4.05. The second kappa shape index (κ2) is 4.51. The van der Waals surface area contributed by atoms with Crippen LogP contribution in [0, 0.1) is 0 Å². The highest BCUT2D eigenvalue weighted by molar-refractivity contribution is 9.10. The van der Waals surface area contributed by atoms with E-state index in [4.69, 9.17) is 4.74 Å². The minimum absolute atomic E-state index is 0.0574. The Morgan fingerprint density at radius 1 is 1.12 bits per heavy atom. The van der Waals surface area contributed by atoms with Crippen LogP contribution in [0.2, 0.25) is 0 Å². The molecule has 1 aliphatic rings. The summed E-state index contributed by atoms with van der Waals surface area (Å²) in [6.07, 6.45) is -0.0574. The fourth-order valence-corrected chi connectivity index (χ4v) is 2.33. The molecule has 1 aliphatic heterocycles. The van der Waals surface area contributed by atoms with Crippen molar-refractivity contribution >= 4 is 21.6 Å². The molecule has 0 bridgehead atoms. The van der Waals surface area contributed by atoms with Crippen molar-refractivity contribution in [2.45, 2.75) is 12.8 Å². The van der Waals surface area contributed by atoms with Crippen LogP contribution in [0.3, 0.4) is 0 Å². The second-order valence-corrected chi connectivity index (χ2v) is 4.96. The molecule has 1 N–H and O–H groups in total. The molecule has 0 saturated carbocycles. The van der Waals surface area contributed by atoms with E-state index >= 15 is 0 Å². The van der Waals surface area contributed by atoms with Gasteiger partial charge in [-0.1, -0.05) is 52.3 Å². The highest BCUT2D eigenvalue weighted by Gasteiger charge is 2.19. The number of rotatable bonds is 1. The van der Waals surface area contributed by atoms with Crippen molar-refractivity contribution in [2.75, 3.05) is 5.32 Å². The molecule has 1 atom stereocenters. The van der Waals surface area contributed by atoms with Gasteiger partial charge in [0.15, 0.2) is 6.23 Å². The molecule has 86 valence electrons. The van der Waals surface area contributed by atoms with Gasteiger partial charge >= 0.3 is 0 Å². The third-order valence-electron chi connectivity index (χ3n) is 2.87. The van der Waals surface area contributed by atoms with Crippen molar-refractivity contribution < 1.29 is 4.74 Å². The SMILES string of the molecule is Brc1ccc2c(c1)NC(c1ccccc1)OC2. The summed E-state index contributed by atoms with van der Waals surface area (Å²) in [7, 11) is 0. The van der Waals surface area contributed by atoms with E-state index in [2.05, 4.69) is 45.5 Å². The highest BCUT2D eigenvalue weighted by atomic mass is 79.9. The molecule has 3 heteroatoms. The van der Waals surface area contributed by atoms with Crippen molar-refractivity contribution in [3.8, 4) is 0 Å². The quantitative estimate of drug-likeness (QED) is 0.854. The van der Waals surface area contributed by atoms with Crippen molar-refractivity contribution in [1.29, 1.82) is 0 Å². The van der Waals surface area contributed by atoms with E-state index < -0.39 is 0 Å². The molecule has 0 amide bonds. The van der Waals surface area contributed by atoms with Gasteiger partial charge in [-0.3, -0.25) is 0 Å². The minimum Gasteiger partial charge on any atom is -0.356 e. The summed E-state index contributed by atoms with van der Waals surface area (Å²) in [6, 6.07) is 16.4. The van der Waals surface area contributed by atoms with Crippen molar-refractivity contribution in [1.82, 2.24) is 0 Å². The fraction of sp³-hybridized carbons (Fsp3) is 0.143. The molecular formula is C14H12BrNO. The third kappa shape index (κ3) is 2.21. The lowest BCUT2D eigenvalue weighted by Crippen LogP contribution is -2.20. The number of hydrogen-bond donors (Lipinski definition) is 1. The molecule has 0 saturated heterocycles. The fourth-order valence-electron chi connectivity index (χ4n) is 1.97. The summed E-state index contributed by atoms with van der Waals surface area (Å²) in [5.74, 6) is 0. The Morgan fingerprint density at radius 2 is 1.94 bits per heavy atom. The van der Waals surface area contributed by atoms with Gasteiger partial charge in [0.2, 0.25) is 0 Å². The zero-order valence-corrected chi connectivity index (χ0v) is 10.8.